The maximum absolute atomic E-state index is 11.7. The molecule has 0 radical (unpaired) electrons. The van der Waals surface area contributed by atoms with E-state index in [1.165, 1.54) is 4.57 Å². The molecule has 0 saturated carbocycles. The van der Waals surface area contributed by atoms with Crippen LogP contribution in [0.4, 0.5) is 5.69 Å². The Balaban J connectivity index is 2.04. The molecule has 0 aliphatic carbocycles. The van der Waals surface area contributed by atoms with E-state index >= 15 is 0 Å². The number of nitrogens with zero attached hydrogens (tertiary/aromatic N) is 2. The average molecular weight is 298 g/mol. The fraction of sp³-hybridized carbons (Fsp3) is 0.125. The summed E-state index contributed by atoms with van der Waals surface area (Å²) in [5, 5.41) is 12.1. The molecule has 1 heterocycles. The Labute approximate surface area is 125 Å². The highest BCUT2D eigenvalue weighted by Gasteiger charge is 2.10. The molecule has 0 amide bonds. The van der Waals surface area contributed by atoms with Crippen molar-refractivity contribution in [2.45, 2.75) is 13.5 Å². The number of fused-ring (bicyclic) bond motifs is 1. The molecule has 0 fully saturated rings. The quantitative estimate of drug-likeness (QED) is 0.752. The van der Waals surface area contributed by atoms with E-state index in [-0.39, 0.29) is 10.8 Å². The van der Waals surface area contributed by atoms with Gasteiger partial charge in [-0.25, -0.2) is 0 Å². The van der Waals surface area contributed by atoms with Crippen molar-refractivity contribution in [1.82, 2.24) is 4.57 Å². The Morgan fingerprint density at radius 3 is 2.76 bits per heavy atom. The van der Waals surface area contributed by atoms with Gasteiger partial charge in [0.15, 0.2) is 0 Å². The maximum atomic E-state index is 11.7. The van der Waals surface area contributed by atoms with E-state index < -0.39 is 0 Å². The zero-order valence-electron chi connectivity index (χ0n) is 11.5. The summed E-state index contributed by atoms with van der Waals surface area (Å²) in [5.74, 6) is -0.0171. The summed E-state index contributed by atoms with van der Waals surface area (Å²) in [7, 11) is 0. The molecule has 2 aromatic carbocycles. The largest absolute Gasteiger partial charge is 0.493 e. The van der Waals surface area contributed by atoms with Crippen LogP contribution in [0.2, 0.25) is 0 Å². The van der Waals surface area contributed by atoms with Crippen molar-refractivity contribution in [2.75, 3.05) is 0 Å². The monoisotopic (exact) mass is 298 g/mol. The van der Waals surface area contributed by atoms with E-state index in [9.17, 15) is 9.90 Å². The first kappa shape index (κ1) is 13.6. The minimum Gasteiger partial charge on any atom is -0.493 e. The van der Waals surface area contributed by atoms with Crippen LogP contribution in [0.25, 0.3) is 10.8 Å². The Bertz CT molecular complexity index is 872. The van der Waals surface area contributed by atoms with Gasteiger partial charge in [-0.15, -0.1) is 0 Å². The standard InChI is InChI=1S/C16H14N2O2S/c1-2-18-15(19)14(21-16(18)20)10-17-13-9-5-7-11-6-3-4-8-12(11)13/h3-10,19H,2H2,1H3. The summed E-state index contributed by atoms with van der Waals surface area (Å²) in [5.41, 5.74) is 0.816. The molecule has 3 aromatic rings. The van der Waals surface area contributed by atoms with E-state index in [1.54, 1.807) is 6.21 Å². The minimum atomic E-state index is -0.172. The fourth-order valence-electron chi connectivity index (χ4n) is 2.23. The Morgan fingerprint density at radius 2 is 2.00 bits per heavy atom. The van der Waals surface area contributed by atoms with Crippen LogP contribution in [0.5, 0.6) is 5.88 Å². The molecule has 21 heavy (non-hydrogen) atoms. The molecule has 1 aromatic heterocycles. The second-order valence-electron chi connectivity index (χ2n) is 4.56. The first-order valence-electron chi connectivity index (χ1n) is 6.65. The van der Waals surface area contributed by atoms with E-state index in [1.807, 2.05) is 49.4 Å². The van der Waals surface area contributed by atoms with Crippen LogP contribution in [0, 0.1) is 0 Å². The van der Waals surface area contributed by atoms with Gasteiger partial charge in [0.25, 0.3) is 0 Å². The SMILES string of the molecule is CCn1c(O)c(C=Nc2cccc3ccccc23)sc1=O. The molecular formula is C16H14N2O2S. The summed E-state index contributed by atoms with van der Waals surface area (Å²) in [6.45, 7) is 2.27. The lowest BCUT2D eigenvalue weighted by Crippen LogP contribution is -2.09. The molecule has 3 rings (SSSR count). The van der Waals surface area contributed by atoms with E-state index in [2.05, 4.69) is 4.99 Å². The number of aromatic nitrogens is 1. The lowest BCUT2D eigenvalue weighted by atomic mass is 10.1. The summed E-state index contributed by atoms with van der Waals surface area (Å²) < 4.78 is 1.33. The Kier molecular flexibility index (Phi) is 3.58. The van der Waals surface area contributed by atoms with Crippen LogP contribution in [-0.2, 0) is 6.54 Å². The molecule has 1 N–H and O–H groups in total. The predicted molar refractivity (Wildman–Crippen MR) is 87.1 cm³/mol. The molecular weight excluding hydrogens is 284 g/mol. The predicted octanol–water partition coefficient (Wildman–Crippen LogP) is 3.54. The van der Waals surface area contributed by atoms with Crippen molar-refractivity contribution in [3.05, 3.63) is 57.0 Å². The van der Waals surface area contributed by atoms with Crippen LogP contribution < -0.4 is 4.87 Å². The summed E-state index contributed by atoms with van der Waals surface area (Å²) in [4.78, 5) is 16.4. The third-order valence-corrected chi connectivity index (χ3v) is 4.20. The third kappa shape index (κ3) is 2.48. The van der Waals surface area contributed by atoms with Gasteiger partial charge in [0.1, 0.15) is 4.88 Å². The highest BCUT2D eigenvalue weighted by molar-refractivity contribution is 7.11. The van der Waals surface area contributed by atoms with Crippen LogP contribution in [-0.4, -0.2) is 15.9 Å². The Hall–Kier alpha value is -2.40. The molecule has 0 saturated heterocycles. The molecule has 0 unspecified atom stereocenters. The molecule has 106 valence electrons. The zero-order valence-corrected chi connectivity index (χ0v) is 12.3. The number of rotatable bonds is 3. The van der Waals surface area contributed by atoms with Gasteiger partial charge in [0, 0.05) is 11.9 Å². The van der Waals surface area contributed by atoms with Gasteiger partial charge in [-0.1, -0.05) is 47.7 Å². The third-order valence-electron chi connectivity index (χ3n) is 3.30. The van der Waals surface area contributed by atoms with Crippen molar-refractivity contribution < 1.29 is 5.11 Å². The topological polar surface area (TPSA) is 54.6 Å². The first-order valence-corrected chi connectivity index (χ1v) is 7.46. The lowest BCUT2D eigenvalue weighted by Gasteiger charge is -2.01. The number of aliphatic imine (C=N–C) groups is 1. The van der Waals surface area contributed by atoms with Crippen LogP contribution in [0.3, 0.4) is 0 Å². The zero-order chi connectivity index (χ0) is 14.8. The first-order chi connectivity index (χ1) is 10.2. The van der Waals surface area contributed by atoms with Gasteiger partial charge in [-0.3, -0.25) is 14.4 Å². The highest BCUT2D eigenvalue weighted by Crippen LogP contribution is 2.26. The van der Waals surface area contributed by atoms with Crippen molar-refractivity contribution >= 4 is 34.0 Å². The highest BCUT2D eigenvalue weighted by atomic mass is 32.1. The van der Waals surface area contributed by atoms with E-state index in [0.717, 1.165) is 27.8 Å². The summed E-state index contributed by atoms with van der Waals surface area (Å²) in [6, 6.07) is 13.8. The molecule has 4 nitrogen and oxygen atoms in total. The number of benzene rings is 2. The van der Waals surface area contributed by atoms with E-state index in [4.69, 9.17) is 0 Å². The maximum Gasteiger partial charge on any atom is 0.310 e. The van der Waals surface area contributed by atoms with Gasteiger partial charge in [0.2, 0.25) is 5.88 Å². The molecule has 0 aliphatic heterocycles. The van der Waals surface area contributed by atoms with Gasteiger partial charge >= 0.3 is 4.87 Å². The van der Waals surface area contributed by atoms with Crippen molar-refractivity contribution in [2.24, 2.45) is 4.99 Å². The average Bonchev–Trinajstić information content (AvgIpc) is 2.78. The molecule has 0 atom stereocenters. The summed E-state index contributed by atoms with van der Waals surface area (Å²) >= 11 is 0.998. The Morgan fingerprint density at radius 1 is 1.24 bits per heavy atom. The molecule has 5 heteroatoms. The van der Waals surface area contributed by atoms with E-state index in [0.29, 0.717) is 11.4 Å². The van der Waals surface area contributed by atoms with Crippen molar-refractivity contribution in [3.8, 4) is 5.88 Å². The fourth-order valence-corrected chi connectivity index (χ4v) is 3.05. The van der Waals surface area contributed by atoms with Crippen molar-refractivity contribution in [3.63, 3.8) is 0 Å². The normalized spacial score (nSPS) is 11.5. The van der Waals surface area contributed by atoms with Gasteiger partial charge in [-0.05, 0) is 18.4 Å². The summed E-state index contributed by atoms with van der Waals surface area (Å²) in [6.07, 6.45) is 1.55. The second-order valence-corrected chi connectivity index (χ2v) is 5.55. The second kappa shape index (κ2) is 5.54. The molecule has 0 aliphatic rings. The minimum absolute atomic E-state index is 0.0171. The van der Waals surface area contributed by atoms with Gasteiger partial charge in [-0.2, -0.15) is 0 Å². The molecule has 0 bridgehead atoms. The van der Waals surface area contributed by atoms with Crippen LogP contribution >= 0.6 is 11.3 Å². The molecule has 0 spiro atoms. The number of thiazole rings is 1. The number of hydrogen-bond donors (Lipinski definition) is 1. The van der Waals surface area contributed by atoms with Crippen LogP contribution in [0.15, 0.2) is 52.3 Å². The number of hydrogen-bond acceptors (Lipinski definition) is 4. The lowest BCUT2D eigenvalue weighted by molar-refractivity contribution is 0.417. The van der Waals surface area contributed by atoms with Crippen molar-refractivity contribution in [1.29, 1.82) is 0 Å². The number of aromatic hydroxyl groups is 1. The van der Waals surface area contributed by atoms with Gasteiger partial charge in [0.05, 0.1) is 11.9 Å². The van der Waals surface area contributed by atoms with Crippen LogP contribution in [0.1, 0.15) is 11.8 Å². The smallest absolute Gasteiger partial charge is 0.310 e. The van der Waals surface area contributed by atoms with Gasteiger partial charge < -0.3 is 5.11 Å².